The van der Waals surface area contributed by atoms with Crippen molar-refractivity contribution < 1.29 is 9.21 Å². The number of aryl methyl sites for hydroxylation is 1. The molecule has 1 amide bonds. The highest BCUT2D eigenvalue weighted by Gasteiger charge is 2.27. The van der Waals surface area contributed by atoms with Crippen LogP contribution in [0.5, 0.6) is 0 Å². The Hall–Kier alpha value is -2.99. The molecule has 0 spiro atoms. The number of hydrogen-bond donors (Lipinski definition) is 1. The minimum Gasteiger partial charge on any atom is -0.469 e. The molecule has 1 fully saturated rings. The van der Waals surface area contributed by atoms with Crippen molar-refractivity contribution in [2.75, 3.05) is 11.1 Å². The first-order valence-electron chi connectivity index (χ1n) is 11.0. The van der Waals surface area contributed by atoms with Gasteiger partial charge in [-0.25, -0.2) is 0 Å². The minimum atomic E-state index is -0.157. The normalized spacial score (nSPS) is 14.1. The third-order valence-corrected chi connectivity index (χ3v) is 7.25. The maximum Gasteiger partial charge on any atom is 0.235 e. The van der Waals surface area contributed by atoms with E-state index in [-0.39, 0.29) is 11.7 Å². The summed E-state index contributed by atoms with van der Waals surface area (Å²) in [5.41, 5.74) is 3.45. The van der Waals surface area contributed by atoms with Gasteiger partial charge in [0.25, 0.3) is 0 Å². The van der Waals surface area contributed by atoms with E-state index < -0.39 is 0 Å². The lowest BCUT2D eigenvalue weighted by Gasteiger charge is -2.19. The SMILES string of the molecule is CCn1c(SCC(=O)Nc2c(C#N)c(C)c(C)n2C2CCCC2)nnc1-c1ccoc1C. The molecule has 0 bridgehead atoms. The molecule has 0 radical (unpaired) electrons. The molecule has 32 heavy (non-hydrogen) atoms. The number of amides is 1. The third kappa shape index (κ3) is 3.95. The van der Waals surface area contributed by atoms with Crippen LogP contribution in [0.4, 0.5) is 5.82 Å². The molecule has 4 rings (SSSR count). The van der Waals surface area contributed by atoms with Gasteiger partial charge in [-0.15, -0.1) is 10.2 Å². The number of aromatic nitrogens is 4. The van der Waals surface area contributed by atoms with Crippen molar-refractivity contribution in [2.45, 2.75) is 71.1 Å². The zero-order valence-corrected chi connectivity index (χ0v) is 19.8. The molecular formula is C23H28N6O2S. The average Bonchev–Trinajstić information content (AvgIpc) is 3.55. The van der Waals surface area contributed by atoms with Crippen LogP contribution in [-0.4, -0.2) is 31.0 Å². The van der Waals surface area contributed by atoms with E-state index in [9.17, 15) is 10.1 Å². The lowest BCUT2D eigenvalue weighted by Crippen LogP contribution is -2.20. The molecule has 3 aromatic rings. The summed E-state index contributed by atoms with van der Waals surface area (Å²) < 4.78 is 9.54. The summed E-state index contributed by atoms with van der Waals surface area (Å²) in [5, 5.41) is 22.0. The summed E-state index contributed by atoms with van der Waals surface area (Å²) in [5.74, 6) is 2.17. The number of nitriles is 1. The van der Waals surface area contributed by atoms with Crippen molar-refractivity contribution in [3.05, 3.63) is 34.9 Å². The minimum absolute atomic E-state index is 0.157. The molecule has 168 valence electrons. The Morgan fingerprint density at radius 1 is 1.31 bits per heavy atom. The molecule has 8 nitrogen and oxygen atoms in total. The van der Waals surface area contributed by atoms with Crippen LogP contribution in [0.25, 0.3) is 11.4 Å². The Bertz CT molecular complexity index is 1180. The topological polar surface area (TPSA) is 102 Å². The van der Waals surface area contributed by atoms with E-state index in [1.54, 1.807) is 6.26 Å². The smallest absolute Gasteiger partial charge is 0.235 e. The van der Waals surface area contributed by atoms with Gasteiger partial charge >= 0.3 is 0 Å². The van der Waals surface area contributed by atoms with Gasteiger partial charge in [0, 0.05) is 18.3 Å². The number of nitrogens with zero attached hydrogens (tertiary/aromatic N) is 5. The lowest BCUT2D eigenvalue weighted by atomic mass is 10.2. The third-order valence-electron chi connectivity index (χ3n) is 6.28. The van der Waals surface area contributed by atoms with Crippen molar-refractivity contribution in [3.8, 4) is 17.5 Å². The molecule has 3 aromatic heterocycles. The molecule has 0 atom stereocenters. The van der Waals surface area contributed by atoms with Crippen LogP contribution < -0.4 is 5.32 Å². The number of nitrogens with one attached hydrogen (secondary N) is 1. The summed E-state index contributed by atoms with van der Waals surface area (Å²) in [6, 6.07) is 4.50. The van der Waals surface area contributed by atoms with Crippen molar-refractivity contribution in [3.63, 3.8) is 0 Å². The zero-order chi connectivity index (χ0) is 22.8. The van der Waals surface area contributed by atoms with Gasteiger partial charge in [-0.2, -0.15) is 5.26 Å². The highest BCUT2D eigenvalue weighted by molar-refractivity contribution is 7.99. The monoisotopic (exact) mass is 452 g/mol. The Balaban J connectivity index is 1.52. The van der Waals surface area contributed by atoms with Gasteiger partial charge in [0.15, 0.2) is 11.0 Å². The average molecular weight is 453 g/mol. The molecule has 0 aliphatic heterocycles. The van der Waals surface area contributed by atoms with Gasteiger partial charge in [0.05, 0.1) is 23.1 Å². The molecule has 0 unspecified atom stereocenters. The van der Waals surface area contributed by atoms with Gasteiger partial charge in [-0.05, 0) is 52.2 Å². The first-order chi connectivity index (χ1) is 15.5. The second-order valence-corrected chi connectivity index (χ2v) is 9.07. The molecule has 1 saturated carbocycles. The van der Waals surface area contributed by atoms with Crippen molar-refractivity contribution in [1.29, 1.82) is 5.26 Å². The number of carbonyl (C=O) groups excluding carboxylic acids is 1. The number of furan rings is 1. The van der Waals surface area contributed by atoms with Gasteiger partial charge < -0.3 is 18.9 Å². The number of hydrogen-bond acceptors (Lipinski definition) is 6. The summed E-state index contributed by atoms with van der Waals surface area (Å²) in [6.45, 7) is 8.57. The maximum absolute atomic E-state index is 12.9. The lowest BCUT2D eigenvalue weighted by molar-refractivity contribution is -0.113. The first kappa shape index (κ1) is 22.2. The van der Waals surface area contributed by atoms with E-state index in [0.29, 0.717) is 29.1 Å². The Kier molecular flexibility index (Phi) is 6.42. The predicted molar refractivity (Wildman–Crippen MR) is 124 cm³/mol. The number of carbonyl (C=O) groups is 1. The van der Waals surface area contributed by atoms with Crippen LogP contribution in [0.1, 0.15) is 61.2 Å². The Morgan fingerprint density at radius 2 is 2.06 bits per heavy atom. The van der Waals surface area contributed by atoms with E-state index in [1.165, 1.54) is 24.6 Å². The van der Waals surface area contributed by atoms with Crippen LogP contribution in [0.3, 0.4) is 0 Å². The van der Waals surface area contributed by atoms with Crippen molar-refractivity contribution in [2.24, 2.45) is 0 Å². The van der Waals surface area contributed by atoms with Gasteiger partial charge in [0.2, 0.25) is 5.91 Å². The van der Waals surface area contributed by atoms with Crippen LogP contribution in [-0.2, 0) is 11.3 Å². The summed E-state index contributed by atoms with van der Waals surface area (Å²) in [7, 11) is 0. The maximum atomic E-state index is 12.9. The molecule has 1 aliphatic rings. The molecule has 0 saturated heterocycles. The number of thioether (sulfide) groups is 1. The van der Waals surface area contributed by atoms with E-state index in [1.807, 2.05) is 38.3 Å². The number of anilines is 1. The van der Waals surface area contributed by atoms with Crippen molar-refractivity contribution in [1.82, 2.24) is 19.3 Å². The van der Waals surface area contributed by atoms with E-state index in [2.05, 4.69) is 26.2 Å². The van der Waals surface area contributed by atoms with Gasteiger partial charge in [0.1, 0.15) is 17.6 Å². The quantitative estimate of drug-likeness (QED) is 0.506. The van der Waals surface area contributed by atoms with Gasteiger partial charge in [-0.3, -0.25) is 4.79 Å². The second-order valence-electron chi connectivity index (χ2n) is 8.13. The molecule has 1 N–H and O–H groups in total. The van der Waals surface area contributed by atoms with Gasteiger partial charge in [-0.1, -0.05) is 24.6 Å². The van der Waals surface area contributed by atoms with Crippen LogP contribution >= 0.6 is 11.8 Å². The predicted octanol–water partition coefficient (Wildman–Crippen LogP) is 5.00. The standard InChI is InChI=1S/C23H28N6O2S/c1-5-28-22(18-10-11-31-16(18)4)26-27-23(28)32-13-20(30)25-21-19(12-24)14(2)15(3)29(21)17-8-6-7-9-17/h10-11,17H,5-9,13H2,1-4H3,(H,25,30). The largest absolute Gasteiger partial charge is 0.469 e. The van der Waals surface area contributed by atoms with Crippen LogP contribution in [0, 0.1) is 32.1 Å². The van der Waals surface area contributed by atoms with E-state index in [0.717, 1.165) is 41.2 Å². The number of rotatable bonds is 7. The Morgan fingerprint density at radius 3 is 2.69 bits per heavy atom. The van der Waals surface area contributed by atoms with E-state index >= 15 is 0 Å². The second kappa shape index (κ2) is 9.25. The molecule has 1 aliphatic carbocycles. The van der Waals surface area contributed by atoms with E-state index in [4.69, 9.17) is 4.42 Å². The molecule has 9 heteroatoms. The zero-order valence-electron chi connectivity index (χ0n) is 18.9. The fraction of sp³-hybridized carbons (Fsp3) is 0.478. The Labute approximate surface area is 192 Å². The fourth-order valence-electron chi connectivity index (χ4n) is 4.50. The van der Waals surface area contributed by atoms with Crippen LogP contribution in [0.15, 0.2) is 21.9 Å². The highest BCUT2D eigenvalue weighted by atomic mass is 32.2. The highest BCUT2D eigenvalue weighted by Crippen LogP contribution is 2.38. The molecular weight excluding hydrogens is 424 g/mol. The molecule has 0 aromatic carbocycles. The molecule has 3 heterocycles. The summed E-state index contributed by atoms with van der Waals surface area (Å²) in [4.78, 5) is 12.9. The first-order valence-corrected chi connectivity index (χ1v) is 12.0. The summed E-state index contributed by atoms with van der Waals surface area (Å²) >= 11 is 1.34. The fourth-order valence-corrected chi connectivity index (χ4v) is 5.30. The van der Waals surface area contributed by atoms with Crippen LogP contribution in [0.2, 0.25) is 0 Å². The van der Waals surface area contributed by atoms with Crippen molar-refractivity contribution >= 4 is 23.5 Å². The summed E-state index contributed by atoms with van der Waals surface area (Å²) in [6.07, 6.45) is 6.14.